The normalized spacial score (nSPS) is 14.8. The second-order valence-electron chi connectivity index (χ2n) is 16.2. The molecule has 0 aliphatic heterocycles. The molecular weight excluding hydrogens is 588 g/mol. The summed E-state index contributed by atoms with van der Waals surface area (Å²) in [6.07, 6.45) is 5.72. The van der Waals surface area contributed by atoms with E-state index in [0.717, 1.165) is 46.5 Å². The smallest absolute Gasteiger partial charge is 0.255 e. The second-order valence-corrected chi connectivity index (χ2v) is 16.2. The molecule has 4 heteroatoms. The molecule has 48 heavy (non-hydrogen) atoms. The first-order valence-electron chi connectivity index (χ1n) is 17.6. The average molecular weight is 643 g/mol. The van der Waals surface area contributed by atoms with Gasteiger partial charge in [0.15, 0.2) is 0 Å². The van der Waals surface area contributed by atoms with Crippen LogP contribution in [-0.2, 0) is 16.2 Å². The van der Waals surface area contributed by atoms with Gasteiger partial charge >= 0.3 is 0 Å². The summed E-state index contributed by atoms with van der Waals surface area (Å²) in [5.74, 6) is -0.174. The molecule has 1 saturated carbocycles. The fourth-order valence-electron chi connectivity index (χ4n) is 7.39. The van der Waals surface area contributed by atoms with Crippen LogP contribution in [-0.4, -0.2) is 11.8 Å². The van der Waals surface area contributed by atoms with Crippen molar-refractivity contribution in [2.75, 3.05) is 10.6 Å². The van der Waals surface area contributed by atoms with Gasteiger partial charge in [-0.15, -0.1) is 0 Å². The lowest BCUT2D eigenvalue weighted by molar-refractivity contribution is 0.101. The van der Waals surface area contributed by atoms with Gasteiger partial charge in [0, 0.05) is 27.9 Å². The van der Waals surface area contributed by atoms with Gasteiger partial charge in [0.05, 0.1) is 0 Å². The summed E-state index contributed by atoms with van der Waals surface area (Å²) in [5, 5.41) is 6.45. The molecular formula is C44H54N2O2. The molecule has 4 nitrogen and oxygen atoms in total. The molecule has 252 valence electrons. The molecule has 4 aromatic rings. The summed E-state index contributed by atoms with van der Waals surface area (Å²) in [6.45, 7) is 21.5. The highest BCUT2D eigenvalue weighted by atomic mass is 16.2. The van der Waals surface area contributed by atoms with Gasteiger partial charge in [-0.05, 0) is 120 Å². The summed E-state index contributed by atoms with van der Waals surface area (Å²) in [6, 6.07) is 25.1. The van der Waals surface area contributed by atoms with Gasteiger partial charge in [0.1, 0.15) is 0 Å². The maximum absolute atomic E-state index is 13.3. The zero-order valence-corrected chi connectivity index (χ0v) is 30.8. The maximum atomic E-state index is 13.3. The highest BCUT2D eigenvalue weighted by Gasteiger charge is 2.37. The van der Waals surface area contributed by atoms with Crippen molar-refractivity contribution in [2.24, 2.45) is 0 Å². The maximum Gasteiger partial charge on any atom is 0.255 e. The first kappa shape index (κ1) is 35.1. The topological polar surface area (TPSA) is 58.2 Å². The molecule has 0 bridgehead atoms. The number of hydrogen-bond acceptors (Lipinski definition) is 2. The van der Waals surface area contributed by atoms with Crippen LogP contribution in [0.25, 0.3) is 0 Å². The third-order valence-electron chi connectivity index (χ3n) is 10.4. The first-order valence-corrected chi connectivity index (χ1v) is 17.6. The summed E-state index contributed by atoms with van der Waals surface area (Å²) < 4.78 is 0. The fourth-order valence-corrected chi connectivity index (χ4v) is 7.39. The number of rotatable bonds is 6. The number of anilines is 2. The van der Waals surface area contributed by atoms with Crippen molar-refractivity contribution in [1.82, 2.24) is 0 Å². The van der Waals surface area contributed by atoms with E-state index in [9.17, 15) is 9.59 Å². The minimum absolute atomic E-state index is 0.0390. The lowest BCUT2D eigenvalue weighted by atomic mass is 9.64. The molecule has 1 aliphatic rings. The van der Waals surface area contributed by atoms with E-state index < -0.39 is 0 Å². The van der Waals surface area contributed by atoms with Gasteiger partial charge in [0.25, 0.3) is 11.8 Å². The van der Waals surface area contributed by atoms with E-state index in [2.05, 4.69) is 128 Å². The molecule has 1 fully saturated rings. The minimum atomic E-state index is -0.125. The Balaban J connectivity index is 1.43. The van der Waals surface area contributed by atoms with Gasteiger partial charge in [-0.2, -0.15) is 0 Å². The van der Waals surface area contributed by atoms with Crippen LogP contribution in [0.5, 0.6) is 0 Å². The third kappa shape index (κ3) is 7.28. The number of carbonyl (C=O) groups excluding carboxylic acids is 2. The van der Waals surface area contributed by atoms with Crippen molar-refractivity contribution < 1.29 is 9.59 Å². The highest BCUT2D eigenvalue weighted by Crippen LogP contribution is 2.47. The standard InChI is InChI=1S/C44H54N2O2/c1-28-24-36(25-29(2)38(28)45-40(47)32-14-18-34(19-15-32)42(5,6)7)44(22-12-11-13-23-44)37-26-30(3)39(31(4)27-37)46-41(48)33-16-20-35(21-17-33)43(8,9)10/h14-21,24-27H,11-13,22-23H2,1-10H3,(H,45,47)(H,46,48). The van der Waals surface area contributed by atoms with Crippen LogP contribution < -0.4 is 10.6 Å². The molecule has 0 aromatic heterocycles. The number of amides is 2. The predicted octanol–water partition coefficient (Wildman–Crippen LogP) is 11.3. The Hall–Kier alpha value is -4.18. The molecule has 0 unspecified atom stereocenters. The first-order chi connectivity index (χ1) is 22.5. The minimum Gasteiger partial charge on any atom is -0.322 e. The van der Waals surface area contributed by atoms with E-state index in [1.807, 2.05) is 24.3 Å². The molecule has 0 spiro atoms. The van der Waals surface area contributed by atoms with Crippen LogP contribution in [0, 0.1) is 27.7 Å². The molecule has 4 aromatic carbocycles. The molecule has 0 radical (unpaired) electrons. The van der Waals surface area contributed by atoms with Gasteiger partial charge in [-0.1, -0.05) is 109 Å². The monoisotopic (exact) mass is 642 g/mol. The predicted molar refractivity (Wildman–Crippen MR) is 202 cm³/mol. The fraction of sp³-hybridized carbons (Fsp3) is 0.409. The Morgan fingerprint density at radius 2 is 0.833 bits per heavy atom. The molecule has 0 heterocycles. The Labute approximate surface area is 288 Å². The molecule has 0 saturated heterocycles. The van der Waals surface area contributed by atoms with E-state index in [1.165, 1.54) is 41.5 Å². The zero-order chi connectivity index (χ0) is 35.0. The highest BCUT2D eigenvalue weighted by molar-refractivity contribution is 6.06. The zero-order valence-electron chi connectivity index (χ0n) is 30.8. The number of hydrogen-bond donors (Lipinski definition) is 2. The lowest BCUT2D eigenvalue weighted by Crippen LogP contribution is -2.31. The SMILES string of the molecule is Cc1cc(C2(c3cc(C)c(NC(=O)c4ccc(C(C)(C)C)cc4)c(C)c3)CCCCC2)cc(C)c1NC(=O)c1ccc(C(C)(C)C)cc1. The summed E-state index contributed by atoms with van der Waals surface area (Å²) in [4.78, 5) is 26.7. The number of benzene rings is 4. The average Bonchev–Trinajstić information content (AvgIpc) is 3.03. The van der Waals surface area contributed by atoms with E-state index in [1.54, 1.807) is 0 Å². The summed E-state index contributed by atoms with van der Waals surface area (Å²) >= 11 is 0. The van der Waals surface area contributed by atoms with E-state index in [0.29, 0.717) is 11.1 Å². The second kappa shape index (κ2) is 13.4. The van der Waals surface area contributed by atoms with E-state index >= 15 is 0 Å². The van der Waals surface area contributed by atoms with Crippen molar-refractivity contribution in [3.05, 3.63) is 128 Å². The van der Waals surface area contributed by atoms with E-state index in [-0.39, 0.29) is 28.1 Å². The molecule has 2 N–H and O–H groups in total. The molecule has 1 aliphatic carbocycles. The summed E-state index contributed by atoms with van der Waals surface area (Å²) in [5.41, 5.74) is 12.4. The quantitative estimate of drug-likeness (QED) is 0.220. The Morgan fingerprint density at radius 3 is 1.12 bits per heavy atom. The number of carbonyl (C=O) groups is 2. The Kier molecular flexibility index (Phi) is 9.79. The number of aryl methyl sites for hydroxylation is 4. The van der Waals surface area contributed by atoms with Crippen molar-refractivity contribution in [2.45, 2.75) is 118 Å². The van der Waals surface area contributed by atoms with Crippen molar-refractivity contribution in [1.29, 1.82) is 0 Å². The largest absolute Gasteiger partial charge is 0.322 e. The Morgan fingerprint density at radius 1 is 0.521 bits per heavy atom. The van der Waals surface area contributed by atoms with Crippen LogP contribution in [0.3, 0.4) is 0 Å². The Bertz CT molecular complexity index is 1640. The summed E-state index contributed by atoms with van der Waals surface area (Å²) in [7, 11) is 0. The van der Waals surface area contributed by atoms with Gasteiger partial charge in [-0.3, -0.25) is 9.59 Å². The molecule has 0 atom stereocenters. The van der Waals surface area contributed by atoms with Crippen LogP contribution in [0.1, 0.15) is 139 Å². The van der Waals surface area contributed by atoms with Gasteiger partial charge in [0.2, 0.25) is 0 Å². The van der Waals surface area contributed by atoms with Crippen molar-refractivity contribution in [3.63, 3.8) is 0 Å². The third-order valence-corrected chi connectivity index (χ3v) is 10.4. The number of nitrogens with one attached hydrogen (secondary N) is 2. The molecule has 5 rings (SSSR count). The van der Waals surface area contributed by atoms with Crippen LogP contribution in [0.15, 0.2) is 72.8 Å². The lowest BCUT2D eigenvalue weighted by Gasteiger charge is -2.40. The van der Waals surface area contributed by atoms with Crippen LogP contribution >= 0.6 is 0 Å². The van der Waals surface area contributed by atoms with Crippen LogP contribution in [0.4, 0.5) is 11.4 Å². The van der Waals surface area contributed by atoms with E-state index in [4.69, 9.17) is 0 Å². The van der Waals surface area contributed by atoms with Gasteiger partial charge < -0.3 is 10.6 Å². The van der Waals surface area contributed by atoms with Crippen molar-refractivity contribution in [3.8, 4) is 0 Å². The molecule has 2 amide bonds. The van der Waals surface area contributed by atoms with Crippen molar-refractivity contribution >= 4 is 23.2 Å². The van der Waals surface area contributed by atoms with Crippen LogP contribution in [0.2, 0.25) is 0 Å². The van der Waals surface area contributed by atoms with Gasteiger partial charge in [-0.25, -0.2) is 0 Å².